The van der Waals surface area contributed by atoms with Gasteiger partial charge in [-0.2, -0.15) is 0 Å². The van der Waals surface area contributed by atoms with Crippen LogP contribution in [0, 0.1) is 11.3 Å². The average molecular weight is 818 g/mol. The summed E-state index contributed by atoms with van der Waals surface area (Å²) in [5.74, 6) is 1.35. The Morgan fingerprint density at radius 2 is 1.81 bits per heavy atom. The first-order valence-corrected chi connectivity index (χ1v) is 22.6. The molecular weight excluding hydrogens is 763 g/mol. The highest BCUT2D eigenvalue weighted by atomic mass is 32.2. The van der Waals surface area contributed by atoms with Crippen LogP contribution in [0.3, 0.4) is 0 Å². The second kappa shape index (κ2) is 15.8. The molecule has 59 heavy (non-hydrogen) atoms. The predicted octanol–water partition coefficient (Wildman–Crippen LogP) is 7.31. The number of nitrogens with one attached hydrogen (secondary N) is 3. The summed E-state index contributed by atoms with van der Waals surface area (Å²) in [7, 11) is -4.30. The zero-order valence-electron chi connectivity index (χ0n) is 33.9. The number of nitrogen functional groups attached to an aromatic ring is 1. The van der Waals surface area contributed by atoms with Crippen molar-refractivity contribution in [1.29, 1.82) is 0 Å². The molecule has 5 heterocycles. The van der Waals surface area contributed by atoms with Crippen LogP contribution in [0.2, 0.25) is 0 Å². The van der Waals surface area contributed by atoms with Gasteiger partial charge in [-0.3, -0.25) is 9.69 Å². The van der Waals surface area contributed by atoms with Crippen molar-refractivity contribution in [3.8, 4) is 11.5 Å². The number of ether oxygens (including phenoxy) is 1. The molecule has 2 aliphatic carbocycles. The number of pyridine rings is 2. The molecular formula is C45H55N9O4S. The van der Waals surface area contributed by atoms with Crippen molar-refractivity contribution in [1.82, 2.24) is 24.6 Å². The molecule has 7 N–H and O–H groups in total. The van der Waals surface area contributed by atoms with E-state index in [9.17, 15) is 13.2 Å². The summed E-state index contributed by atoms with van der Waals surface area (Å²) in [6, 6.07) is 20.2. The van der Waals surface area contributed by atoms with Crippen molar-refractivity contribution in [2.75, 3.05) is 42.1 Å². The molecule has 14 heteroatoms. The molecule has 0 unspecified atom stereocenters. The number of carbonyl (C=O) groups is 1. The molecule has 3 aromatic heterocycles. The number of hydrogen-bond donors (Lipinski definition) is 5. The number of hydrogen-bond acceptors (Lipinski definition) is 11. The number of likely N-dealkylation sites (tertiary alicyclic amines) is 1. The minimum Gasteiger partial charge on any atom is -0.455 e. The molecule has 310 valence electrons. The monoisotopic (exact) mass is 817 g/mol. The van der Waals surface area contributed by atoms with Crippen LogP contribution >= 0.6 is 0 Å². The number of nitrogens with two attached hydrogens (primary N) is 2. The summed E-state index contributed by atoms with van der Waals surface area (Å²) in [6.45, 7) is 8.12. The van der Waals surface area contributed by atoms with E-state index in [2.05, 4.69) is 67.9 Å². The average Bonchev–Trinajstić information content (AvgIpc) is 3.88. The van der Waals surface area contributed by atoms with Crippen LogP contribution in [0.1, 0.15) is 98.7 Å². The van der Waals surface area contributed by atoms with Crippen molar-refractivity contribution >= 4 is 44.2 Å². The Labute approximate surface area is 346 Å². The number of carbonyl (C=O) groups excluding carboxylic acids is 1. The third-order valence-corrected chi connectivity index (χ3v) is 14.7. The molecule has 5 aromatic rings. The van der Waals surface area contributed by atoms with Crippen LogP contribution in [0.25, 0.3) is 11.0 Å². The maximum Gasteiger partial charge on any atom is 0.270 e. The molecule has 2 saturated heterocycles. The first kappa shape index (κ1) is 39.3. The van der Waals surface area contributed by atoms with Crippen molar-refractivity contribution in [2.45, 2.75) is 94.2 Å². The van der Waals surface area contributed by atoms with Gasteiger partial charge in [0, 0.05) is 61.6 Å². The largest absolute Gasteiger partial charge is 0.455 e. The lowest BCUT2D eigenvalue weighted by atomic mass is 9.60. The van der Waals surface area contributed by atoms with Gasteiger partial charge < -0.3 is 31.4 Å². The Balaban J connectivity index is 0.891. The van der Waals surface area contributed by atoms with E-state index in [1.165, 1.54) is 61.7 Å². The SMILES string of the molecule is CC(C)c1ccccc1[C@@H]1CCCN1C1CC2(CCN(c3cc(Oc4cnc5[nH]ccc5c4)c(C(=O)NS(=O)(=O)c4ccc(NCC5CC(N)C5)c(N)c4)cn3)CC2)C1. The van der Waals surface area contributed by atoms with Crippen molar-refractivity contribution in [3.05, 3.63) is 95.9 Å². The van der Waals surface area contributed by atoms with E-state index in [0.717, 1.165) is 44.2 Å². The van der Waals surface area contributed by atoms with Gasteiger partial charge in [0.25, 0.3) is 15.9 Å². The third-order valence-electron chi connectivity index (χ3n) is 13.3. The number of piperidine rings is 1. The maximum absolute atomic E-state index is 13.8. The van der Waals surface area contributed by atoms with Crippen molar-refractivity contribution in [2.24, 2.45) is 17.1 Å². The molecule has 2 aliphatic heterocycles. The van der Waals surface area contributed by atoms with Gasteiger partial charge in [-0.05, 0) is 117 Å². The predicted molar refractivity (Wildman–Crippen MR) is 231 cm³/mol. The number of sulfonamides is 1. The Morgan fingerprint density at radius 3 is 2.58 bits per heavy atom. The fourth-order valence-corrected chi connectivity index (χ4v) is 11.0. The number of anilines is 3. The topological polar surface area (TPSA) is 185 Å². The van der Waals surface area contributed by atoms with E-state index in [1.807, 2.05) is 12.1 Å². The minimum absolute atomic E-state index is 0.0222. The highest BCUT2D eigenvalue weighted by Crippen LogP contribution is 2.54. The summed E-state index contributed by atoms with van der Waals surface area (Å²) in [6.07, 6.45) is 13.7. The number of rotatable bonds is 12. The van der Waals surface area contributed by atoms with Gasteiger partial charge in [0.05, 0.1) is 22.5 Å². The number of aromatic nitrogens is 3. The maximum atomic E-state index is 13.8. The molecule has 0 bridgehead atoms. The Morgan fingerprint density at radius 1 is 1.02 bits per heavy atom. The van der Waals surface area contributed by atoms with E-state index >= 15 is 0 Å². The molecule has 1 amide bonds. The fraction of sp³-hybridized carbons (Fsp3) is 0.444. The van der Waals surface area contributed by atoms with Crippen LogP contribution in [0.15, 0.2) is 84.1 Å². The zero-order chi connectivity index (χ0) is 40.9. The van der Waals surface area contributed by atoms with E-state index in [0.29, 0.717) is 58.8 Å². The first-order chi connectivity index (χ1) is 28.4. The summed E-state index contributed by atoms with van der Waals surface area (Å²) >= 11 is 0. The summed E-state index contributed by atoms with van der Waals surface area (Å²) < 4.78 is 35.7. The van der Waals surface area contributed by atoms with Crippen LogP contribution in [0.5, 0.6) is 11.5 Å². The second-order valence-corrected chi connectivity index (χ2v) is 19.3. The van der Waals surface area contributed by atoms with Gasteiger partial charge in [-0.15, -0.1) is 0 Å². The quantitative estimate of drug-likeness (QED) is 0.0796. The molecule has 13 nitrogen and oxygen atoms in total. The number of benzene rings is 2. The van der Waals surface area contributed by atoms with E-state index < -0.39 is 15.9 Å². The molecule has 0 radical (unpaired) electrons. The highest BCUT2D eigenvalue weighted by Gasteiger charge is 2.50. The number of H-pyrrole nitrogens is 1. The van der Waals surface area contributed by atoms with Gasteiger partial charge in [0.15, 0.2) is 0 Å². The summed E-state index contributed by atoms with van der Waals surface area (Å²) in [4.78, 5) is 31.0. The standard InChI is InChI=1S/C45H55N9O4S/c1-28(2)35-6-3-4-7-36(35)40-8-5-15-54(40)32-23-45(24-32)12-16-53(17-13-45)42-22-41(58-33-20-30-11-14-48-43(30)51-26-33)37(27-50-42)44(55)52-59(56,57)34-9-10-39(38(47)21-34)49-25-29-18-31(46)19-29/h3-4,6-7,9-11,14,20-22,26-29,31-32,40,49H,5,8,12-13,15-19,23-25,46-47H2,1-2H3,(H,48,51)(H,52,55)/t29?,31?,40-/m0/s1. The van der Waals surface area contributed by atoms with Crippen LogP contribution in [0.4, 0.5) is 17.2 Å². The Bertz CT molecular complexity index is 2450. The summed E-state index contributed by atoms with van der Waals surface area (Å²) in [5, 5.41) is 4.12. The lowest BCUT2D eigenvalue weighted by Gasteiger charge is -2.56. The van der Waals surface area contributed by atoms with E-state index in [-0.39, 0.29) is 27.9 Å². The third kappa shape index (κ3) is 7.97. The highest BCUT2D eigenvalue weighted by molar-refractivity contribution is 7.90. The molecule has 2 saturated carbocycles. The van der Waals surface area contributed by atoms with Gasteiger partial charge >= 0.3 is 0 Å². The van der Waals surface area contributed by atoms with Gasteiger partial charge in [-0.1, -0.05) is 38.1 Å². The lowest BCUT2D eigenvalue weighted by molar-refractivity contribution is -0.0228. The number of fused-ring (bicyclic) bond motifs is 1. The summed E-state index contributed by atoms with van der Waals surface area (Å²) in [5.41, 5.74) is 17.0. The fourth-order valence-electron chi connectivity index (χ4n) is 9.96. The number of nitrogens with zero attached hydrogens (tertiary/aromatic N) is 4. The van der Waals surface area contributed by atoms with E-state index in [4.69, 9.17) is 21.2 Å². The molecule has 4 aliphatic rings. The normalized spacial score (nSPS) is 22.0. The smallest absolute Gasteiger partial charge is 0.270 e. The first-order valence-electron chi connectivity index (χ1n) is 21.1. The Hall–Kier alpha value is -5.18. The molecule has 4 fully saturated rings. The zero-order valence-corrected chi connectivity index (χ0v) is 34.7. The second-order valence-electron chi connectivity index (χ2n) is 17.6. The number of aromatic amines is 1. The number of amides is 1. The van der Waals surface area contributed by atoms with Crippen LogP contribution in [-0.2, 0) is 10.0 Å². The van der Waals surface area contributed by atoms with Gasteiger partial charge in [0.2, 0.25) is 0 Å². The molecule has 2 aromatic carbocycles. The molecule has 1 atom stereocenters. The van der Waals surface area contributed by atoms with Gasteiger partial charge in [0.1, 0.15) is 28.5 Å². The van der Waals surface area contributed by atoms with Crippen molar-refractivity contribution in [3.63, 3.8) is 0 Å². The van der Waals surface area contributed by atoms with E-state index in [1.54, 1.807) is 24.5 Å². The minimum atomic E-state index is -4.30. The Kier molecular flexibility index (Phi) is 10.5. The van der Waals surface area contributed by atoms with Crippen molar-refractivity contribution < 1.29 is 17.9 Å². The molecule has 1 spiro atoms. The van der Waals surface area contributed by atoms with Gasteiger partial charge in [-0.25, -0.2) is 23.1 Å². The van der Waals surface area contributed by atoms with Crippen LogP contribution < -0.4 is 31.1 Å². The molecule has 9 rings (SSSR count). The van der Waals surface area contributed by atoms with Crippen LogP contribution in [-0.4, -0.2) is 72.4 Å². The lowest BCUT2D eigenvalue weighted by Crippen LogP contribution is -2.55.